The monoisotopic (exact) mass is 307 g/mol. The lowest BCUT2D eigenvalue weighted by Gasteiger charge is -2.37. The van der Waals surface area contributed by atoms with E-state index in [4.69, 9.17) is 0 Å². The van der Waals surface area contributed by atoms with E-state index >= 15 is 0 Å². The number of allylic oxidation sites excluding steroid dienone is 1. The summed E-state index contributed by atoms with van der Waals surface area (Å²) in [7, 11) is 11.7. The third-order valence-corrected chi connectivity index (χ3v) is 8.08. The molecule has 1 aliphatic carbocycles. The molecule has 0 unspecified atom stereocenters. The quantitative estimate of drug-likeness (QED) is 0.686. The first-order chi connectivity index (χ1) is 8.41. The number of halogens is 1. The van der Waals surface area contributed by atoms with Crippen LogP contribution < -0.4 is 12.4 Å². The van der Waals surface area contributed by atoms with E-state index in [9.17, 15) is 0 Å². The van der Waals surface area contributed by atoms with Gasteiger partial charge in [0.2, 0.25) is 0 Å². The van der Waals surface area contributed by atoms with Crippen molar-refractivity contribution in [3.05, 3.63) is 11.9 Å². The van der Waals surface area contributed by atoms with Crippen molar-refractivity contribution in [3.63, 3.8) is 0 Å². The Balaban J connectivity index is 0.00000324. The maximum Gasteiger partial charge on any atom is 0.252 e. The average molecular weight is 308 g/mol. The Kier molecular flexibility index (Phi) is 8.74. The van der Waals surface area contributed by atoms with Crippen molar-refractivity contribution in [1.29, 1.82) is 0 Å². The molecule has 0 aliphatic heterocycles. The molecule has 0 spiro atoms. The van der Waals surface area contributed by atoms with Crippen LogP contribution in [0, 0.1) is 5.92 Å². The lowest BCUT2D eigenvalue weighted by atomic mass is 9.90. The number of hydrogen-bond acceptors (Lipinski definition) is 3. The van der Waals surface area contributed by atoms with E-state index in [-0.39, 0.29) is 12.4 Å². The maximum atomic E-state index is 2.49. The molecule has 0 aromatic heterocycles. The van der Waals surface area contributed by atoms with Gasteiger partial charge in [0.15, 0.2) is 0 Å². The van der Waals surface area contributed by atoms with E-state index in [1.54, 1.807) is 0 Å². The minimum absolute atomic E-state index is 0. The van der Waals surface area contributed by atoms with Crippen LogP contribution in [-0.2, 0) is 0 Å². The summed E-state index contributed by atoms with van der Waals surface area (Å²) in [5.41, 5.74) is 0. The summed E-state index contributed by atoms with van der Waals surface area (Å²) < 4.78 is 7.14. The second-order valence-electron chi connectivity index (χ2n) is 5.90. The van der Waals surface area contributed by atoms with Crippen LogP contribution >= 0.6 is 7.71 Å². The summed E-state index contributed by atoms with van der Waals surface area (Å²) in [4.78, 5) is 0. The molecule has 3 nitrogen and oxygen atoms in total. The maximum absolute atomic E-state index is 2.49. The van der Waals surface area contributed by atoms with Crippen LogP contribution in [0.25, 0.3) is 0 Å². The molecule has 0 bridgehead atoms. The Bertz CT molecular complexity index is 252. The van der Waals surface area contributed by atoms with Crippen LogP contribution in [0.4, 0.5) is 0 Å². The smallest absolute Gasteiger partial charge is 0.252 e. The lowest BCUT2D eigenvalue weighted by Crippen LogP contribution is -3.00. The Labute approximate surface area is 126 Å². The summed E-state index contributed by atoms with van der Waals surface area (Å²) in [5.74, 6) is 3.29. The molecule has 0 heterocycles. The molecule has 0 aromatic rings. The van der Waals surface area contributed by atoms with Crippen molar-refractivity contribution in [2.75, 3.05) is 42.3 Å². The van der Waals surface area contributed by atoms with Gasteiger partial charge < -0.3 is 12.4 Å². The summed E-state index contributed by atoms with van der Waals surface area (Å²) in [6.45, 7) is 0. The zero-order valence-corrected chi connectivity index (χ0v) is 15.1. The normalized spacial score (nSPS) is 18.6. The van der Waals surface area contributed by atoms with E-state index in [1.165, 1.54) is 32.1 Å². The highest BCUT2D eigenvalue weighted by Crippen LogP contribution is 2.65. The Morgan fingerprint density at radius 1 is 0.789 bits per heavy atom. The third kappa shape index (κ3) is 4.68. The third-order valence-electron chi connectivity index (χ3n) is 3.97. The topological polar surface area (TPSA) is 9.72 Å². The zero-order valence-electron chi connectivity index (χ0n) is 13.4. The van der Waals surface area contributed by atoms with Gasteiger partial charge in [0.1, 0.15) is 5.82 Å². The van der Waals surface area contributed by atoms with Gasteiger partial charge in [0.25, 0.3) is 7.71 Å². The summed E-state index contributed by atoms with van der Waals surface area (Å²) in [6.07, 6.45) is 9.50. The van der Waals surface area contributed by atoms with E-state index in [0.29, 0.717) is 0 Å². The van der Waals surface area contributed by atoms with Gasteiger partial charge in [-0.05, 0) is 24.8 Å². The van der Waals surface area contributed by atoms with Crippen LogP contribution in [0.5, 0.6) is 0 Å². The van der Waals surface area contributed by atoms with E-state index in [0.717, 1.165) is 5.92 Å². The first-order valence-corrected chi connectivity index (χ1v) is 8.74. The van der Waals surface area contributed by atoms with Crippen LogP contribution in [0.1, 0.15) is 32.1 Å². The Morgan fingerprint density at radius 2 is 1.21 bits per heavy atom. The van der Waals surface area contributed by atoms with Crippen LogP contribution in [0.2, 0.25) is 0 Å². The van der Waals surface area contributed by atoms with Gasteiger partial charge in [-0.25, -0.2) is 0 Å². The fourth-order valence-corrected chi connectivity index (χ4v) is 6.46. The molecule has 1 fully saturated rings. The molecule has 1 rings (SSSR count). The van der Waals surface area contributed by atoms with Gasteiger partial charge in [-0.3, -0.25) is 0 Å². The van der Waals surface area contributed by atoms with Crippen molar-refractivity contribution in [3.8, 4) is 0 Å². The van der Waals surface area contributed by atoms with Crippen molar-refractivity contribution in [2.45, 2.75) is 32.1 Å². The van der Waals surface area contributed by atoms with Crippen LogP contribution in [0.3, 0.4) is 0 Å². The number of hydrogen-bond donors (Lipinski definition) is 0. The van der Waals surface area contributed by atoms with E-state index in [1.807, 2.05) is 0 Å². The fourth-order valence-electron chi connectivity index (χ4n) is 3.04. The lowest BCUT2D eigenvalue weighted by molar-refractivity contribution is -0.00000411. The molecule has 0 saturated heterocycles. The van der Waals surface area contributed by atoms with E-state index < -0.39 is 7.71 Å². The van der Waals surface area contributed by atoms with Gasteiger partial charge in [0, 0.05) is 42.3 Å². The molecule has 0 atom stereocenters. The van der Waals surface area contributed by atoms with Crippen molar-refractivity contribution >= 4 is 7.71 Å². The molecule has 5 heteroatoms. The predicted molar refractivity (Wildman–Crippen MR) is 83.7 cm³/mol. The van der Waals surface area contributed by atoms with Crippen molar-refractivity contribution < 1.29 is 12.4 Å². The fraction of sp³-hybridized carbons (Fsp3) is 0.857. The molecule has 19 heavy (non-hydrogen) atoms. The molecule has 0 aromatic carbocycles. The first kappa shape index (κ1) is 19.3. The molecule has 0 N–H and O–H groups in total. The minimum atomic E-state index is -1.46. The number of nitrogens with zero attached hydrogens (tertiary/aromatic N) is 3. The molecule has 0 amide bonds. The SMILES string of the molecule is CN(C)[P+](/C=C/C1CCCCC1)(N(C)C)N(C)C.[Cl-]. The van der Waals surface area contributed by atoms with Gasteiger partial charge in [-0.1, -0.05) is 19.3 Å². The van der Waals surface area contributed by atoms with Gasteiger partial charge in [-0.15, -0.1) is 0 Å². The highest BCUT2D eigenvalue weighted by Gasteiger charge is 2.45. The molecular weight excluding hydrogens is 277 g/mol. The zero-order chi connectivity index (χ0) is 13.8. The van der Waals surface area contributed by atoms with Gasteiger partial charge in [-0.2, -0.15) is 14.0 Å². The van der Waals surface area contributed by atoms with Crippen molar-refractivity contribution in [2.24, 2.45) is 5.92 Å². The molecule has 1 aliphatic rings. The highest BCUT2D eigenvalue weighted by atomic mass is 35.5. The standard InChI is InChI=1S/C14H31N3P.ClH/c1-15(2)18(16(3)4,17(5)6)13-12-14-10-8-7-9-11-14;/h12-14H,7-11H2,1-6H3;1H/q+1;/p-1/b13-12+;. The largest absolute Gasteiger partial charge is 1.00 e. The second-order valence-corrected chi connectivity index (χ2v) is 9.82. The van der Waals surface area contributed by atoms with Gasteiger partial charge >= 0.3 is 0 Å². The van der Waals surface area contributed by atoms with E-state index in [2.05, 4.69) is 68.2 Å². The second kappa shape index (κ2) is 8.59. The summed E-state index contributed by atoms with van der Waals surface area (Å²) >= 11 is 0. The first-order valence-electron chi connectivity index (χ1n) is 7.02. The molecule has 114 valence electrons. The average Bonchev–Trinajstić information content (AvgIpc) is 2.29. The Morgan fingerprint density at radius 3 is 1.58 bits per heavy atom. The van der Waals surface area contributed by atoms with Crippen LogP contribution in [-0.4, -0.2) is 56.3 Å². The molecule has 1 saturated carbocycles. The minimum Gasteiger partial charge on any atom is -1.00 e. The Hall–Kier alpha value is 0.340. The molecule has 0 radical (unpaired) electrons. The highest BCUT2D eigenvalue weighted by molar-refractivity contribution is 7.71. The number of rotatable bonds is 5. The van der Waals surface area contributed by atoms with Gasteiger partial charge in [0.05, 0.1) is 0 Å². The summed E-state index contributed by atoms with van der Waals surface area (Å²) in [6, 6.07) is 0. The van der Waals surface area contributed by atoms with Crippen molar-refractivity contribution in [1.82, 2.24) is 14.0 Å². The van der Waals surface area contributed by atoms with Crippen LogP contribution in [0.15, 0.2) is 11.9 Å². The summed E-state index contributed by atoms with van der Waals surface area (Å²) in [5, 5.41) is 0. The predicted octanol–water partition coefficient (Wildman–Crippen LogP) is 0.532. The molecular formula is C14H31ClN3P.